The number of halogens is 2. The molecule has 3 heterocycles. The average Bonchev–Trinajstić information content (AvgIpc) is 2.94. The van der Waals surface area contributed by atoms with Gasteiger partial charge >= 0.3 is 0 Å². The summed E-state index contributed by atoms with van der Waals surface area (Å²) in [5.41, 5.74) is 1.59. The number of carbonyl (C=O) groups is 1. The summed E-state index contributed by atoms with van der Waals surface area (Å²) in [4.78, 5) is 26.6. The van der Waals surface area contributed by atoms with Crippen LogP contribution < -0.4 is 10.2 Å². The van der Waals surface area contributed by atoms with Gasteiger partial charge in [0.25, 0.3) is 5.91 Å². The van der Waals surface area contributed by atoms with Crippen LogP contribution in [0.5, 0.6) is 0 Å². The molecular weight excluding hydrogens is 409 g/mol. The molecule has 4 rings (SSSR count). The van der Waals surface area contributed by atoms with E-state index < -0.39 is 0 Å². The third kappa shape index (κ3) is 3.58. The maximum Gasteiger partial charge on any atom is 0.274 e. The van der Waals surface area contributed by atoms with Crippen LogP contribution in [-0.2, 0) is 5.41 Å². The highest BCUT2D eigenvalue weighted by molar-refractivity contribution is 6.42. The van der Waals surface area contributed by atoms with Crippen molar-refractivity contribution >= 4 is 40.6 Å². The number of hydrogen-bond donors (Lipinski definition) is 1. The highest BCUT2D eigenvalue weighted by Crippen LogP contribution is 2.43. The van der Waals surface area contributed by atoms with Crippen molar-refractivity contribution in [2.45, 2.75) is 38.6 Å². The number of piperazine rings is 1. The SMILES string of the molecule is CC1(C)CN(c2ccc(Cl)c(Cl)c2)c2ncc(C(=O)N3CCNCC3(C)C)nc21. The number of hydrogen-bond acceptors (Lipinski definition) is 5. The van der Waals surface area contributed by atoms with E-state index in [0.29, 0.717) is 28.8 Å². The van der Waals surface area contributed by atoms with Crippen molar-refractivity contribution in [3.05, 3.63) is 45.8 Å². The monoisotopic (exact) mass is 433 g/mol. The Labute approximate surface area is 181 Å². The van der Waals surface area contributed by atoms with E-state index in [2.05, 4.69) is 42.9 Å². The van der Waals surface area contributed by atoms with E-state index in [4.69, 9.17) is 28.2 Å². The Bertz CT molecular complexity index is 976. The molecule has 1 aromatic carbocycles. The van der Waals surface area contributed by atoms with E-state index in [-0.39, 0.29) is 16.9 Å². The number of anilines is 2. The van der Waals surface area contributed by atoms with Crippen LogP contribution in [0.25, 0.3) is 0 Å². The van der Waals surface area contributed by atoms with Crippen LogP contribution in [0.2, 0.25) is 10.0 Å². The molecule has 8 heteroatoms. The fourth-order valence-electron chi connectivity index (χ4n) is 4.05. The molecule has 0 spiro atoms. The van der Waals surface area contributed by atoms with Gasteiger partial charge in [-0.25, -0.2) is 9.97 Å². The summed E-state index contributed by atoms with van der Waals surface area (Å²) in [6, 6.07) is 5.53. The van der Waals surface area contributed by atoms with Gasteiger partial charge in [-0.2, -0.15) is 0 Å². The van der Waals surface area contributed by atoms with Crippen LogP contribution in [0.15, 0.2) is 24.4 Å². The molecule has 1 amide bonds. The van der Waals surface area contributed by atoms with Gasteiger partial charge in [-0.1, -0.05) is 37.0 Å². The summed E-state index contributed by atoms with van der Waals surface area (Å²) in [6.07, 6.45) is 1.59. The highest BCUT2D eigenvalue weighted by Gasteiger charge is 2.41. The van der Waals surface area contributed by atoms with Gasteiger partial charge in [-0.15, -0.1) is 0 Å². The van der Waals surface area contributed by atoms with E-state index in [9.17, 15) is 4.79 Å². The number of aromatic nitrogens is 2. The second-order valence-corrected chi connectivity index (χ2v) is 9.76. The highest BCUT2D eigenvalue weighted by atomic mass is 35.5. The summed E-state index contributed by atoms with van der Waals surface area (Å²) in [5, 5.41) is 4.35. The van der Waals surface area contributed by atoms with Crippen LogP contribution >= 0.6 is 23.2 Å². The topological polar surface area (TPSA) is 61.4 Å². The van der Waals surface area contributed by atoms with E-state index in [0.717, 1.165) is 30.3 Å². The third-order valence-corrected chi connectivity index (χ3v) is 6.42. The second-order valence-electron chi connectivity index (χ2n) is 8.94. The lowest BCUT2D eigenvalue weighted by Gasteiger charge is -2.42. The van der Waals surface area contributed by atoms with Crippen molar-refractivity contribution in [2.24, 2.45) is 0 Å². The van der Waals surface area contributed by atoms with Crippen molar-refractivity contribution < 1.29 is 4.79 Å². The Kier molecular flexibility index (Phi) is 5.00. The summed E-state index contributed by atoms with van der Waals surface area (Å²) >= 11 is 12.3. The molecular formula is C21H25Cl2N5O. The zero-order valence-electron chi connectivity index (χ0n) is 17.1. The fraction of sp³-hybridized carbons (Fsp3) is 0.476. The van der Waals surface area contributed by atoms with Crippen LogP contribution in [0, 0.1) is 0 Å². The molecule has 0 unspecified atom stereocenters. The van der Waals surface area contributed by atoms with E-state index in [1.54, 1.807) is 12.3 Å². The van der Waals surface area contributed by atoms with Gasteiger partial charge in [-0.3, -0.25) is 4.79 Å². The first-order chi connectivity index (χ1) is 13.6. The van der Waals surface area contributed by atoms with Crippen LogP contribution in [0.1, 0.15) is 43.9 Å². The number of amides is 1. The Balaban J connectivity index is 1.71. The molecule has 0 bridgehead atoms. The molecule has 2 aliphatic rings. The lowest BCUT2D eigenvalue weighted by Crippen LogP contribution is -2.60. The fourth-order valence-corrected chi connectivity index (χ4v) is 4.34. The summed E-state index contributed by atoms with van der Waals surface area (Å²) in [5.74, 6) is 0.681. The zero-order chi connectivity index (χ0) is 21.0. The standard InChI is InChI=1S/C21H25Cl2N5O/c1-20(2)12-27(13-5-6-14(22)15(23)9-13)18-17(20)26-16(10-25-18)19(29)28-8-7-24-11-21(28,3)4/h5-6,9-10,24H,7-8,11-12H2,1-4H3. The largest absolute Gasteiger partial charge is 0.330 e. The molecule has 1 N–H and O–H groups in total. The normalized spacial score (nSPS) is 19.9. The van der Waals surface area contributed by atoms with E-state index in [1.165, 1.54) is 0 Å². The maximum atomic E-state index is 13.2. The predicted molar refractivity (Wildman–Crippen MR) is 117 cm³/mol. The molecule has 0 saturated carbocycles. The van der Waals surface area contributed by atoms with Gasteiger partial charge in [0, 0.05) is 37.3 Å². The van der Waals surface area contributed by atoms with Gasteiger partial charge in [-0.05, 0) is 32.0 Å². The number of fused-ring (bicyclic) bond motifs is 1. The van der Waals surface area contributed by atoms with E-state index >= 15 is 0 Å². The molecule has 0 atom stereocenters. The molecule has 154 valence electrons. The van der Waals surface area contributed by atoms with Crippen molar-refractivity contribution in [3.63, 3.8) is 0 Å². The molecule has 1 fully saturated rings. The molecule has 1 aromatic heterocycles. The first-order valence-electron chi connectivity index (χ1n) is 9.73. The number of nitrogens with zero attached hydrogens (tertiary/aromatic N) is 4. The Morgan fingerprint density at radius 3 is 2.62 bits per heavy atom. The van der Waals surface area contributed by atoms with Crippen LogP contribution in [-0.4, -0.2) is 52.5 Å². The summed E-state index contributed by atoms with van der Waals surface area (Å²) in [6.45, 7) is 11.2. The Morgan fingerprint density at radius 2 is 1.93 bits per heavy atom. The third-order valence-electron chi connectivity index (χ3n) is 5.68. The van der Waals surface area contributed by atoms with Gasteiger partial charge in [0.15, 0.2) is 5.82 Å². The number of nitrogens with one attached hydrogen (secondary N) is 1. The zero-order valence-corrected chi connectivity index (χ0v) is 18.6. The van der Waals surface area contributed by atoms with Crippen molar-refractivity contribution in [1.29, 1.82) is 0 Å². The second kappa shape index (κ2) is 7.11. The molecule has 2 aromatic rings. The molecule has 1 saturated heterocycles. The lowest BCUT2D eigenvalue weighted by atomic mass is 9.92. The van der Waals surface area contributed by atoms with Crippen molar-refractivity contribution in [1.82, 2.24) is 20.2 Å². The minimum absolute atomic E-state index is 0.0735. The number of carbonyl (C=O) groups excluding carboxylic acids is 1. The Hall–Kier alpha value is -1.89. The molecule has 29 heavy (non-hydrogen) atoms. The van der Waals surface area contributed by atoms with Gasteiger partial charge in [0.2, 0.25) is 0 Å². The minimum Gasteiger partial charge on any atom is -0.330 e. The van der Waals surface area contributed by atoms with E-state index in [1.807, 2.05) is 17.0 Å². The Morgan fingerprint density at radius 1 is 1.17 bits per heavy atom. The van der Waals surface area contributed by atoms with Gasteiger partial charge < -0.3 is 15.1 Å². The van der Waals surface area contributed by atoms with Crippen molar-refractivity contribution in [3.8, 4) is 0 Å². The first-order valence-corrected chi connectivity index (χ1v) is 10.5. The predicted octanol–water partition coefficient (Wildman–Crippen LogP) is 4.04. The van der Waals surface area contributed by atoms with Crippen LogP contribution in [0.4, 0.5) is 11.5 Å². The summed E-state index contributed by atoms with van der Waals surface area (Å²) in [7, 11) is 0. The van der Waals surface area contributed by atoms with Gasteiger partial charge in [0.1, 0.15) is 5.69 Å². The van der Waals surface area contributed by atoms with Gasteiger partial charge in [0.05, 0.1) is 27.5 Å². The number of rotatable bonds is 2. The van der Waals surface area contributed by atoms with Crippen molar-refractivity contribution in [2.75, 3.05) is 31.1 Å². The lowest BCUT2D eigenvalue weighted by molar-refractivity contribution is 0.0470. The summed E-state index contributed by atoms with van der Waals surface area (Å²) < 4.78 is 0. The maximum absolute atomic E-state index is 13.2. The average molecular weight is 434 g/mol. The molecule has 0 aliphatic carbocycles. The van der Waals surface area contributed by atoms with Crippen LogP contribution in [0.3, 0.4) is 0 Å². The molecule has 6 nitrogen and oxygen atoms in total. The number of benzene rings is 1. The first kappa shape index (κ1) is 20.4. The molecule has 2 aliphatic heterocycles. The minimum atomic E-state index is -0.266. The smallest absolute Gasteiger partial charge is 0.274 e. The molecule has 0 radical (unpaired) electrons. The quantitative estimate of drug-likeness (QED) is 0.773.